The molecule has 1 saturated heterocycles. The van der Waals surface area contributed by atoms with Gasteiger partial charge in [0.15, 0.2) is 0 Å². The summed E-state index contributed by atoms with van der Waals surface area (Å²) in [5.41, 5.74) is 0.0124. The minimum Gasteiger partial charge on any atom is -0.388 e. The molecule has 0 saturated carbocycles. The summed E-state index contributed by atoms with van der Waals surface area (Å²) < 4.78 is 39.4. The quantitative estimate of drug-likeness (QED) is 0.819. The largest absolute Gasteiger partial charge is 0.416 e. The van der Waals surface area contributed by atoms with Gasteiger partial charge in [-0.1, -0.05) is 48.5 Å². The van der Waals surface area contributed by atoms with Gasteiger partial charge in [-0.05, 0) is 49.0 Å². The van der Waals surface area contributed by atoms with Crippen LogP contribution in [0.2, 0.25) is 0 Å². The molecule has 0 unspecified atom stereocenters. The van der Waals surface area contributed by atoms with Crippen LogP contribution in [-0.4, -0.2) is 34.7 Å². The summed E-state index contributed by atoms with van der Waals surface area (Å²) in [5.74, 6) is 0.114. The van der Waals surface area contributed by atoms with Gasteiger partial charge in [0.1, 0.15) is 0 Å². The van der Waals surface area contributed by atoms with Crippen molar-refractivity contribution < 1.29 is 23.4 Å². The number of rotatable bonds is 5. The third-order valence-electron chi connectivity index (χ3n) is 5.28. The highest BCUT2D eigenvalue weighted by molar-refractivity contribution is 5.31. The average Bonchev–Trinajstić information content (AvgIpc) is 2.68. The Morgan fingerprint density at radius 1 is 0.926 bits per heavy atom. The molecule has 0 bridgehead atoms. The fraction of sp³-hybridized carbons (Fsp3) is 0.429. The highest BCUT2D eigenvalue weighted by Crippen LogP contribution is 2.35. The molecule has 2 N–H and O–H groups in total. The van der Waals surface area contributed by atoms with Crippen LogP contribution in [0.5, 0.6) is 0 Å². The Bertz CT molecular complexity index is 728. The second kappa shape index (κ2) is 8.42. The number of aliphatic hydroxyl groups is 2. The first-order valence-electron chi connectivity index (χ1n) is 9.16. The van der Waals surface area contributed by atoms with Crippen molar-refractivity contribution in [3.8, 4) is 0 Å². The Kier molecular flexibility index (Phi) is 6.19. The van der Waals surface area contributed by atoms with Crippen molar-refractivity contribution in [2.45, 2.75) is 31.2 Å². The average molecular weight is 379 g/mol. The fourth-order valence-corrected chi connectivity index (χ4v) is 3.76. The molecule has 1 heterocycles. The minimum absolute atomic E-state index is 0.0866. The van der Waals surface area contributed by atoms with Crippen LogP contribution in [-0.2, 0) is 6.18 Å². The van der Waals surface area contributed by atoms with E-state index < -0.39 is 23.9 Å². The van der Waals surface area contributed by atoms with Gasteiger partial charge in [0.2, 0.25) is 0 Å². The van der Waals surface area contributed by atoms with Gasteiger partial charge in [-0.3, -0.25) is 0 Å². The van der Waals surface area contributed by atoms with Crippen LogP contribution in [0.4, 0.5) is 13.2 Å². The Morgan fingerprint density at radius 3 is 2.15 bits per heavy atom. The normalized spacial score (nSPS) is 19.0. The zero-order valence-electron chi connectivity index (χ0n) is 14.9. The Balaban J connectivity index is 1.58. The van der Waals surface area contributed by atoms with Crippen molar-refractivity contribution in [1.82, 2.24) is 4.90 Å². The van der Waals surface area contributed by atoms with Crippen LogP contribution in [0.25, 0.3) is 0 Å². The molecule has 3 nitrogen and oxygen atoms in total. The van der Waals surface area contributed by atoms with E-state index >= 15 is 0 Å². The number of benzene rings is 2. The first kappa shape index (κ1) is 19.9. The minimum atomic E-state index is -4.48. The number of hydrogen-bond donors (Lipinski definition) is 2. The summed E-state index contributed by atoms with van der Waals surface area (Å²) in [6.45, 7) is 1.43. The monoisotopic (exact) mass is 379 g/mol. The van der Waals surface area contributed by atoms with E-state index in [1.165, 1.54) is 18.2 Å². The van der Waals surface area contributed by atoms with Gasteiger partial charge in [-0.25, -0.2) is 0 Å². The molecule has 2 atom stereocenters. The number of piperidine rings is 1. The molecule has 3 rings (SSSR count). The smallest absolute Gasteiger partial charge is 0.388 e. The van der Waals surface area contributed by atoms with E-state index in [2.05, 4.69) is 0 Å². The zero-order chi connectivity index (χ0) is 19.4. The van der Waals surface area contributed by atoms with Crippen LogP contribution >= 0.6 is 0 Å². The molecular weight excluding hydrogens is 355 g/mol. The number of hydrogen-bond acceptors (Lipinski definition) is 3. The third-order valence-corrected chi connectivity index (χ3v) is 5.28. The molecule has 6 heteroatoms. The predicted octanol–water partition coefficient (Wildman–Crippen LogP) is 4.18. The van der Waals surface area contributed by atoms with Gasteiger partial charge in [0.25, 0.3) is 0 Å². The van der Waals surface area contributed by atoms with Gasteiger partial charge >= 0.3 is 6.18 Å². The summed E-state index contributed by atoms with van der Waals surface area (Å²) >= 11 is 0. The molecule has 0 spiro atoms. The first-order chi connectivity index (χ1) is 12.9. The van der Waals surface area contributed by atoms with Crippen molar-refractivity contribution in [2.24, 2.45) is 5.92 Å². The lowest BCUT2D eigenvalue weighted by Gasteiger charge is -2.35. The highest BCUT2D eigenvalue weighted by atomic mass is 19.4. The molecule has 0 radical (unpaired) electrons. The van der Waals surface area contributed by atoms with Gasteiger partial charge in [0, 0.05) is 6.54 Å². The summed E-state index contributed by atoms with van der Waals surface area (Å²) in [5, 5.41) is 20.9. The SMILES string of the molecule is O[C@H](CN1CCC([C@H](O)c2ccccc2)CC1)c1ccccc1C(F)(F)F. The number of likely N-dealkylation sites (tertiary alicyclic amines) is 1. The maximum Gasteiger partial charge on any atom is 0.416 e. The summed E-state index contributed by atoms with van der Waals surface area (Å²) in [6, 6.07) is 14.7. The van der Waals surface area contributed by atoms with Crippen LogP contribution < -0.4 is 0 Å². The second-order valence-electron chi connectivity index (χ2n) is 7.09. The zero-order valence-corrected chi connectivity index (χ0v) is 14.9. The highest BCUT2D eigenvalue weighted by Gasteiger charge is 2.35. The van der Waals surface area contributed by atoms with Crippen molar-refractivity contribution in [2.75, 3.05) is 19.6 Å². The molecule has 0 aliphatic carbocycles. The molecule has 1 fully saturated rings. The van der Waals surface area contributed by atoms with Crippen molar-refractivity contribution in [1.29, 1.82) is 0 Å². The topological polar surface area (TPSA) is 43.7 Å². The lowest BCUT2D eigenvalue weighted by atomic mass is 9.87. The van der Waals surface area contributed by atoms with Crippen LogP contribution in [0.3, 0.4) is 0 Å². The number of alkyl halides is 3. The molecule has 2 aromatic rings. The molecule has 1 aliphatic rings. The summed E-state index contributed by atoms with van der Waals surface area (Å²) in [4.78, 5) is 1.96. The predicted molar refractivity (Wildman–Crippen MR) is 97.0 cm³/mol. The first-order valence-corrected chi connectivity index (χ1v) is 9.16. The number of halogens is 3. The molecule has 0 aromatic heterocycles. The number of nitrogens with zero attached hydrogens (tertiary/aromatic N) is 1. The van der Waals surface area contributed by atoms with Gasteiger partial charge in [-0.15, -0.1) is 0 Å². The summed E-state index contributed by atoms with van der Waals surface area (Å²) in [7, 11) is 0. The molecule has 27 heavy (non-hydrogen) atoms. The Morgan fingerprint density at radius 2 is 1.52 bits per heavy atom. The molecule has 0 amide bonds. The van der Waals surface area contributed by atoms with Crippen LogP contribution in [0, 0.1) is 5.92 Å². The van der Waals surface area contributed by atoms with Crippen LogP contribution in [0.15, 0.2) is 54.6 Å². The second-order valence-corrected chi connectivity index (χ2v) is 7.09. The van der Waals surface area contributed by atoms with E-state index in [1.54, 1.807) is 0 Å². The van der Waals surface area contributed by atoms with Crippen LogP contribution in [0.1, 0.15) is 41.7 Å². The number of aliphatic hydroxyl groups excluding tert-OH is 2. The van der Waals surface area contributed by atoms with Gasteiger partial charge in [-0.2, -0.15) is 13.2 Å². The third kappa shape index (κ3) is 4.89. The maximum atomic E-state index is 13.1. The van der Waals surface area contributed by atoms with E-state index in [1.807, 2.05) is 35.2 Å². The molecule has 146 valence electrons. The summed E-state index contributed by atoms with van der Waals surface area (Å²) in [6.07, 6.45) is -4.74. The molecule has 2 aromatic carbocycles. The Labute approximate surface area is 157 Å². The van der Waals surface area contributed by atoms with E-state index in [0.717, 1.165) is 24.5 Å². The van der Waals surface area contributed by atoms with E-state index in [-0.39, 0.29) is 18.0 Å². The van der Waals surface area contributed by atoms with E-state index in [0.29, 0.717) is 13.1 Å². The van der Waals surface area contributed by atoms with Crippen molar-refractivity contribution >= 4 is 0 Å². The molecule has 1 aliphatic heterocycles. The van der Waals surface area contributed by atoms with Crippen molar-refractivity contribution in [3.05, 3.63) is 71.3 Å². The standard InChI is InChI=1S/C21H24F3NO2/c22-21(23,24)18-9-5-4-8-17(18)19(26)14-25-12-10-16(11-13-25)20(27)15-6-2-1-3-7-15/h1-9,16,19-20,26-27H,10-14H2/t19-,20-/m1/s1. The lowest BCUT2D eigenvalue weighted by molar-refractivity contribution is -0.139. The lowest BCUT2D eigenvalue weighted by Crippen LogP contribution is -2.38. The van der Waals surface area contributed by atoms with Gasteiger partial charge < -0.3 is 15.1 Å². The van der Waals surface area contributed by atoms with Crippen molar-refractivity contribution in [3.63, 3.8) is 0 Å². The Hall–Kier alpha value is -1.89. The van der Waals surface area contributed by atoms with E-state index in [9.17, 15) is 23.4 Å². The fourth-order valence-electron chi connectivity index (χ4n) is 3.76. The maximum absolute atomic E-state index is 13.1. The van der Waals surface area contributed by atoms with E-state index in [4.69, 9.17) is 0 Å². The molecular formula is C21H24F3NO2. The number of β-amino-alcohol motifs (C(OH)–C–C–N with tert-alkyl or cyclic N) is 1. The van der Waals surface area contributed by atoms with Gasteiger partial charge in [0.05, 0.1) is 17.8 Å².